The van der Waals surface area contributed by atoms with Crippen molar-refractivity contribution >= 4 is 34.1 Å². The first-order chi connectivity index (χ1) is 13.9. The van der Waals surface area contributed by atoms with Crippen molar-refractivity contribution in [2.75, 3.05) is 12.4 Å². The summed E-state index contributed by atoms with van der Waals surface area (Å²) in [7, 11) is 1.41. The Hall–Kier alpha value is -4.04. The quantitative estimate of drug-likeness (QED) is 0.280. The molecule has 10 nitrogen and oxygen atoms in total. The maximum atomic E-state index is 12.2. The molecule has 0 aliphatic heterocycles. The van der Waals surface area contributed by atoms with Crippen molar-refractivity contribution in [2.24, 2.45) is 0 Å². The zero-order valence-electron chi connectivity index (χ0n) is 15.2. The van der Waals surface area contributed by atoms with Gasteiger partial charge in [0.25, 0.3) is 11.6 Å². The second-order valence-corrected chi connectivity index (χ2v) is 6.77. The first-order valence-corrected chi connectivity index (χ1v) is 8.89. The average molecular weight is 411 g/mol. The predicted octanol–water partition coefficient (Wildman–Crippen LogP) is 3.57. The van der Waals surface area contributed by atoms with Crippen LogP contribution >= 0.6 is 11.3 Å². The van der Waals surface area contributed by atoms with E-state index in [0.29, 0.717) is 10.8 Å². The van der Waals surface area contributed by atoms with Crippen LogP contribution in [-0.2, 0) is 4.79 Å². The number of nitrogens with one attached hydrogen (secondary N) is 1. The Balaban J connectivity index is 1.88. The fourth-order valence-electron chi connectivity index (χ4n) is 2.38. The summed E-state index contributed by atoms with van der Waals surface area (Å²) in [6, 6.07) is 9.16. The topological polar surface area (TPSA) is 144 Å². The molecule has 0 saturated carbocycles. The highest BCUT2D eigenvalue weighted by atomic mass is 32.1. The van der Waals surface area contributed by atoms with Gasteiger partial charge in [-0.1, -0.05) is 11.3 Å². The third-order valence-electron chi connectivity index (χ3n) is 3.69. The van der Waals surface area contributed by atoms with Gasteiger partial charge in [-0.25, -0.2) is 0 Å². The van der Waals surface area contributed by atoms with Gasteiger partial charge in [-0.05, 0) is 31.2 Å². The molecule has 1 aromatic carbocycles. The van der Waals surface area contributed by atoms with Gasteiger partial charge < -0.3 is 9.15 Å². The van der Waals surface area contributed by atoms with E-state index >= 15 is 0 Å². The SMILES string of the molecule is COc1ccc(-c2ccc(/C=C(/C#N)C(=O)Nc3nnc(C)s3)o2)c([N+](=O)[O-])c1. The van der Waals surface area contributed by atoms with Crippen LogP contribution in [0, 0.1) is 28.4 Å². The summed E-state index contributed by atoms with van der Waals surface area (Å²) < 4.78 is 10.6. The van der Waals surface area contributed by atoms with E-state index in [0.717, 1.165) is 0 Å². The first-order valence-electron chi connectivity index (χ1n) is 8.07. The number of hydrogen-bond acceptors (Lipinski definition) is 9. The minimum absolute atomic E-state index is 0.185. The molecule has 0 saturated heterocycles. The molecule has 3 aromatic rings. The van der Waals surface area contributed by atoms with Crippen LogP contribution in [0.15, 0.2) is 40.3 Å². The van der Waals surface area contributed by atoms with Gasteiger partial charge in [-0.3, -0.25) is 20.2 Å². The molecule has 0 spiro atoms. The number of nitrogens with zero attached hydrogens (tertiary/aromatic N) is 4. The lowest BCUT2D eigenvalue weighted by Crippen LogP contribution is -2.13. The number of aromatic nitrogens is 2. The third-order valence-corrected chi connectivity index (χ3v) is 4.45. The summed E-state index contributed by atoms with van der Waals surface area (Å²) in [6.07, 6.45) is 1.24. The molecule has 11 heteroatoms. The molecule has 0 bridgehead atoms. The Kier molecular flexibility index (Phi) is 5.66. The highest BCUT2D eigenvalue weighted by molar-refractivity contribution is 7.15. The summed E-state index contributed by atoms with van der Waals surface area (Å²) in [6.45, 7) is 1.73. The zero-order valence-corrected chi connectivity index (χ0v) is 16.0. The lowest BCUT2D eigenvalue weighted by molar-refractivity contribution is -0.384. The van der Waals surface area contributed by atoms with Crippen LogP contribution in [0.2, 0.25) is 0 Å². The van der Waals surface area contributed by atoms with E-state index in [9.17, 15) is 20.2 Å². The van der Waals surface area contributed by atoms with Crippen molar-refractivity contribution in [3.8, 4) is 23.1 Å². The van der Waals surface area contributed by atoms with E-state index in [1.807, 2.05) is 0 Å². The second kappa shape index (κ2) is 8.32. The monoisotopic (exact) mass is 411 g/mol. The number of aryl methyl sites for hydroxylation is 1. The van der Waals surface area contributed by atoms with Gasteiger partial charge >= 0.3 is 0 Å². The summed E-state index contributed by atoms with van der Waals surface area (Å²) in [4.78, 5) is 23.0. The zero-order chi connectivity index (χ0) is 21.0. The minimum atomic E-state index is -0.669. The molecule has 1 amide bonds. The van der Waals surface area contributed by atoms with E-state index in [1.54, 1.807) is 19.1 Å². The van der Waals surface area contributed by atoms with Gasteiger partial charge in [0.1, 0.15) is 33.9 Å². The molecule has 1 N–H and O–H groups in total. The normalized spacial score (nSPS) is 11.0. The van der Waals surface area contributed by atoms with Gasteiger partial charge in [-0.15, -0.1) is 10.2 Å². The Labute approximate surface area is 168 Å². The van der Waals surface area contributed by atoms with E-state index in [-0.39, 0.29) is 33.5 Å². The number of hydrogen-bond donors (Lipinski definition) is 1. The number of rotatable bonds is 6. The van der Waals surface area contributed by atoms with E-state index < -0.39 is 10.8 Å². The first kappa shape index (κ1) is 19.7. The molecule has 3 rings (SSSR count). The van der Waals surface area contributed by atoms with Crippen LogP contribution in [0.4, 0.5) is 10.8 Å². The van der Waals surface area contributed by atoms with Crippen LogP contribution < -0.4 is 10.1 Å². The molecule has 0 radical (unpaired) electrons. The van der Waals surface area contributed by atoms with Crippen molar-refractivity contribution in [3.63, 3.8) is 0 Å². The maximum Gasteiger partial charge on any atom is 0.284 e. The Morgan fingerprint density at radius 2 is 2.17 bits per heavy atom. The van der Waals surface area contributed by atoms with Crippen molar-refractivity contribution in [2.45, 2.75) is 6.92 Å². The Bertz CT molecular complexity index is 1160. The van der Waals surface area contributed by atoms with E-state index in [4.69, 9.17) is 9.15 Å². The number of carbonyl (C=O) groups excluding carboxylic acids is 1. The van der Waals surface area contributed by atoms with E-state index in [1.165, 1.54) is 48.8 Å². The number of benzene rings is 1. The molecule has 0 atom stereocenters. The van der Waals surface area contributed by atoms with Gasteiger partial charge in [-0.2, -0.15) is 5.26 Å². The number of ether oxygens (including phenoxy) is 1. The largest absolute Gasteiger partial charge is 0.497 e. The number of nitro groups is 1. The number of nitro benzene ring substituents is 1. The minimum Gasteiger partial charge on any atom is -0.497 e. The van der Waals surface area contributed by atoms with Crippen LogP contribution in [-0.4, -0.2) is 28.1 Å². The summed E-state index contributed by atoms with van der Waals surface area (Å²) in [5.41, 5.74) is -0.176. The molecule has 0 aliphatic carbocycles. The summed E-state index contributed by atoms with van der Waals surface area (Å²) in [5, 5.41) is 31.6. The number of carbonyl (C=O) groups is 1. The Morgan fingerprint density at radius 3 is 2.79 bits per heavy atom. The van der Waals surface area contributed by atoms with E-state index in [2.05, 4.69) is 15.5 Å². The summed E-state index contributed by atoms with van der Waals surface area (Å²) in [5.74, 6) is 0.0628. The fraction of sp³-hybridized carbons (Fsp3) is 0.111. The van der Waals surface area contributed by atoms with Crippen LogP contribution in [0.1, 0.15) is 10.8 Å². The van der Waals surface area contributed by atoms with Crippen molar-refractivity contribution in [1.82, 2.24) is 10.2 Å². The molecular formula is C18H13N5O5S. The number of nitriles is 1. The molecule has 0 aliphatic rings. The smallest absolute Gasteiger partial charge is 0.284 e. The van der Waals surface area contributed by atoms with Crippen molar-refractivity contribution in [3.05, 3.63) is 56.8 Å². The molecule has 2 aromatic heterocycles. The van der Waals surface area contributed by atoms with Crippen molar-refractivity contribution < 1.29 is 18.9 Å². The van der Waals surface area contributed by atoms with Gasteiger partial charge in [0, 0.05) is 6.08 Å². The number of furan rings is 1. The number of anilines is 1. The average Bonchev–Trinajstić information content (AvgIpc) is 3.34. The molecule has 146 valence electrons. The van der Waals surface area contributed by atoms with Crippen molar-refractivity contribution in [1.29, 1.82) is 5.26 Å². The van der Waals surface area contributed by atoms with Gasteiger partial charge in [0.15, 0.2) is 0 Å². The molecule has 0 fully saturated rings. The van der Waals surface area contributed by atoms with Crippen LogP contribution in [0.25, 0.3) is 17.4 Å². The lowest BCUT2D eigenvalue weighted by atomic mass is 10.1. The molecule has 2 heterocycles. The second-order valence-electron chi connectivity index (χ2n) is 5.59. The van der Waals surface area contributed by atoms with Crippen LogP contribution in [0.3, 0.4) is 0 Å². The Morgan fingerprint density at radius 1 is 1.38 bits per heavy atom. The maximum absolute atomic E-state index is 12.2. The lowest BCUT2D eigenvalue weighted by Gasteiger charge is -2.03. The fourth-order valence-corrected chi connectivity index (χ4v) is 2.96. The molecule has 0 unspecified atom stereocenters. The third kappa shape index (κ3) is 4.45. The van der Waals surface area contributed by atoms with Crippen LogP contribution in [0.5, 0.6) is 5.75 Å². The van der Waals surface area contributed by atoms with Gasteiger partial charge in [0.05, 0.1) is 23.7 Å². The highest BCUT2D eigenvalue weighted by Gasteiger charge is 2.20. The standard InChI is InChI=1S/C18H13N5O5S/c1-10-21-22-18(29-10)20-17(24)11(9-19)7-13-4-6-16(28-13)14-5-3-12(27-2)8-15(14)23(25)26/h3-8H,1-2H3,(H,20,22,24)/b11-7-. The predicted molar refractivity (Wildman–Crippen MR) is 104 cm³/mol. The highest BCUT2D eigenvalue weighted by Crippen LogP contribution is 2.34. The number of methoxy groups -OCH3 is 1. The summed E-state index contributed by atoms with van der Waals surface area (Å²) >= 11 is 1.17. The molecule has 29 heavy (non-hydrogen) atoms. The molecular weight excluding hydrogens is 398 g/mol. The number of amides is 1. The van der Waals surface area contributed by atoms with Gasteiger partial charge in [0.2, 0.25) is 5.13 Å².